The van der Waals surface area contributed by atoms with Gasteiger partial charge in [0.25, 0.3) is 0 Å². The molecule has 0 radical (unpaired) electrons. The fraction of sp³-hybridized carbons (Fsp3) is 0.250. The maximum Gasteiger partial charge on any atom is 0.124 e. The summed E-state index contributed by atoms with van der Waals surface area (Å²) in [6, 6.07) is 0. The summed E-state index contributed by atoms with van der Waals surface area (Å²) in [5, 5.41) is 0. The van der Waals surface area contributed by atoms with Crippen molar-refractivity contribution >= 4 is 9.47 Å². The van der Waals surface area contributed by atoms with Crippen molar-refractivity contribution in [2.75, 3.05) is 0 Å². The maximum absolute atomic E-state index is 5.65. The van der Waals surface area contributed by atoms with E-state index >= 15 is 0 Å². The smallest absolute Gasteiger partial charge is 0.124 e. The Morgan fingerprint density at radius 1 is 1.64 bits per heavy atom. The highest BCUT2D eigenvalue weighted by molar-refractivity contribution is 7.10. The van der Waals surface area contributed by atoms with Gasteiger partial charge in [-0.15, -0.1) is 0 Å². The summed E-state index contributed by atoms with van der Waals surface area (Å²) in [7, 11) is 2.19. The summed E-state index contributed by atoms with van der Waals surface area (Å²) in [6.07, 6.45) is 7.73. The second-order valence-corrected chi connectivity index (χ2v) is 2.79. The van der Waals surface area contributed by atoms with E-state index in [4.69, 9.17) is 10.3 Å². The quantitative estimate of drug-likeness (QED) is 0.606. The lowest BCUT2D eigenvalue weighted by atomic mass is 10.1. The van der Waals surface area contributed by atoms with Crippen LogP contribution in [0.2, 0.25) is 0 Å². The fourth-order valence-corrected chi connectivity index (χ4v) is 1.09. The summed E-state index contributed by atoms with van der Waals surface area (Å²) in [6.45, 7) is 2.07. The predicted octanol–water partition coefficient (Wildman–Crippen LogP) is 1.73. The van der Waals surface area contributed by atoms with Crippen molar-refractivity contribution in [1.29, 1.82) is 0 Å². The van der Waals surface area contributed by atoms with E-state index in [1.165, 1.54) is 0 Å². The zero-order valence-electron chi connectivity index (χ0n) is 6.45. The Bertz CT molecular complexity index is 230. The van der Waals surface area contributed by atoms with Gasteiger partial charge in [-0.1, -0.05) is 19.1 Å². The number of allylic oxidation sites excluding steroid dienone is 4. The van der Waals surface area contributed by atoms with Gasteiger partial charge in [0.15, 0.2) is 0 Å². The first-order chi connectivity index (χ1) is 5.22. The highest BCUT2D eigenvalue weighted by atomic mass is 31.0. The average Bonchev–Trinajstić information content (AvgIpc) is 2.11. The van der Waals surface area contributed by atoms with Gasteiger partial charge in [0.1, 0.15) is 5.76 Å². The minimum atomic E-state index is 0.379. The highest BCUT2D eigenvalue weighted by Gasteiger charge is 2.00. The van der Waals surface area contributed by atoms with Crippen molar-refractivity contribution in [3.05, 3.63) is 35.8 Å². The normalized spacial score (nSPS) is 23.6. The molecule has 0 bridgehead atoms. The Morgan fingerprint density at radius 3 is 3.00 bits per heavy atom. The molecule has 1 aliphatic rings. The molecule has 0 heterocycles. The van der Waals surface area contributed by atoms with Crippen molar-refractivity contribution in [3.63, 3.8) is 0 Å². The van der Waals surface area contributed by atoms with E-state index in [1.54, 1.807) is 6.08 Å². The molecular formula is C8H12NOP. The summed E-state index contributed by atoms with van der Waals surface area (Å²) < 4.78 is 4.96. The molecule has 2 unspecified atom stereocenters. The van der Waals surface area contributed by atoms with Crippen LogP contribution in [0.1, 0.15) is 6.92 Å². The number of nitrogens with two attached hydrogens (primary N) is 1. The van der Waals surface area contributed by atoms with Crippen LogP contribution in [0, 0.1) is 5.92 Å². The minimum absolute atomic E-state index is 0.379. The van der Waals surface area contributed by atoms with Crippen LogP contribution < -0.4 is 5.73 Å². The lowest BCUT2D eigenvalue weighted by molar-refractivity contribution is 0.519. The molecule has 60 valence electrons. The van der Waals surface area contributed by atoms with E-state index in [0.29, 0.717) is 5.92 Å². The van der Waals surface area contributed by atoms with Gasteiger partial charge in [-0.05, 0) is 12.0 Å². The number of hydrogen-bond acceptors (Lipinski definition) is 2. The fourth-order valence-electron chi connectivity index (χ4n) is 0.940. The van der Waals surface area contributed by atoms with Gasteiger partial charge in [0.2, 0.25) is 0 Å². The molecule has 0 fully saturated rings. The topological polar surface area (TPSA) is 35.2 Å². The van der Waals surface area contributed by atoms with E-state index in [-0.39, 0.29) is 0 Å². The molecule has 2 nitrogen and oxygen atoms in total. The lowest BCUT2D eigenvalue weighted by Crippen LogP contribution is -1.95. The Labute approximate surface area is 69.1 Å². The van der Waals surface area contributed by atoms with Crippen molar-refractivity contribution in [2.24, 2.45) is 11.7 Å². The first-order valence-electron chi connectivity index (χ1n) is 3.46. The van der Waals surface area contributed by atoms with E-state index in [2.05, 4.69) is 16.4 Å². The molecule has 2 N–H and O–H groups in total. The van der Waals surface area contributed by atoms with Gasteiger partial charge < -0.3 is 10.3 Å². The summed E-state index contributed by atoms with van der Waals surface area (Å²) in [5.41, 5.74) is 6.40. The van der Waals surface area contributed by atoms with E-state index in [1.807, 2.05) is 18.2 Å². The number of rotatable bonds is 1. The number of hydrogen-bond donors (Lipinski definition) is 1. The molecule has 0 saturated carbocycles. The second-order valence-electron chi connectivity index (χ2n) is 2.55. The summed E-state index contributed by atoms with van der Waals surface area (Å²) in [4.78, 5) is 0. The maximum atomic E-state index is 5.65. The molecule has 3 heteroatoms. The first-order valence-corrected chi connectivity index (χ1v) is 3.93. The van der Waals surface area contributed by atoms with Crippen LogP contribution in [0.3, 0.4) is 0 Å². The summed E-state index contributed by atoms with van der Waals surface area (Å²) in [5.74, 6) is 1.15. The molecule has 0 spiro atoms. The van der Waals surface area contributed by atoms with E-state index < -0.39 is 0 Å². The van der Waals surface area contributed by atoms with Gasteiger partial charge >= 0.3 is 0 Å². The zero-order valence-corrected chi connectivity index (χ0v) is 7.60. The Kier molecular flexibility index (Phi) is 2.72. The van der Waals surface area contributed by atoms with Crippen molar-refractivity contribution < 1.29 is 4.52 Å². The minimum Gasteiger partial charge on any atom is -0.480 e. The van der Waals surface area contributed by atoms with Crippen LogP contribution in [0.4, 0.5) is 0 Å². The molecule has 0 saturated heterocycles. The zero-order chi connectivity index (χ0) is 8.27. The van der Waals surface area contributed by atoms with E-state index in [9.17, 15) is 0 Å². The monoisotopic (exact) mass is 169 g/mol. The van der Waals surface area contributed by atoms with Gasteiger partial charge in [-0.3, -0.25) is 0 Å². The van der Waals surface area contributed by atoms with Crippen LogP contribution in [0.15, 0.2) is 35.8 Å². The SMILES string of the molecule is CC1C=CC(OP)=CC(N)=C1. The third-order valence-corrected chi connectivity index (χ3v) is 1.74. The molecule has 0 aromatic rings. The van der Waals surface area contributed by atoms with Crippen molar-refractivity contribution in [1.82, 2.24) is 0 Å². The van der Waals surface area contributed by atoms with Crippen LogP contribution in [0.25, 0.3) is 0 Å². The Morgan fingerprint density at radius 2 is 2.36 bits per heavy atom. The third kappa shape index (κ3) is 2.39. The molecular weight excluding hydrogens is 157 g/mol. The molecule has 0 aromatic carbocycles. The molecule has 0 aromatic heterocycles. The molecule has 0 aliphatic heterocycles. The Hall–Kier alpha value is -0.750. The van der Waals surface area contributed by atoms with Crippen LogP contribution in [0.5, 0.6) is 0 Å². The molecule has 1 aliphatic carbocycles. The average molecular weight is 169 g/mol. The van der Waals surface area contributed by atoms with Crippen LogP contribution in [-0.4, -0.2) is 0 Å². The predicted molar refractivity (Wildman–Crippen MR) is 49.5 cm³/mol. The Balaban J connectivity index is 2.85. The van der Waals surface area contributed by atoms with Gasteiger partial charge in [-0.2, -0.15) is 0 Å². The van der Waals surface area contributed by atoms with Crippen molar-refractivity contribution in [3.8, 4) is 0 Å². The van der Waals surface area contributed by atoms with Gasteiger partial charge in [0.05, 0.1) is 9.47 Å². The summed E-state index contributed by atoms with van der Waals surface area (Å²) >= 11 is 0. The molecule has 11 heavy (non-hydrogen) atoms. The van der Waals surface area contributed by atoms with Crippen LogP contribution >= 0.6 is 9.47 Å². The van der Waals surface area contributed by atoms with Gasteiger partial charge in [-0.25, -0.2) is 0 Å². The molecule has 2 atom stereocenters. The van der Waals surface area contributed by atoms with Crippen LogP contribution in [-0.2, 0) is 4.52 Å². The second kappa shape index (κ2) is 3.59. The highest BCUT2D eigenvalue weighted by Crippen LogP contribution is 2.14. The van der Waals surface area contributed by atoms with Crippen molar-refractivity contribution in [2.45, 2.75) is 6.92 Å². The molecule has 1 rings (SSSR count). The van der Waals surface area contributed by atoms with E-state index in [0.717, 1.165) is 11.5 Å². The standard InChI is InChI=1S/C8H12NOP/c1-6-2-3-8(10-11)5-7(9)4-6/h2-6H,9,11H2,1H3. The first kappa shape index (κ1) is 8.35. The third-order valence-electron chi connectivity index (χ3n) is 1.46. The molecule has 0 amide bonds. The largest absolute Gasteiger partial charge is 0.480 e. The van der Waals surface area contributed by atoms with Gasteiger partial charge in [0, 0.05) is 11.8 Å². The lowest BCUT2D eigenvalue weighted by Gasteiger charge is -1.96.